The third-order valence-corrected chi connectivity index (χ3v) is 5.30. The largest absolute Gasteiger partial charge is 0.497 e. The molecule has 0 saturated heterocycles. The highest BCUT2D eigenvalue weighted by molar-refractivity contribution is 6.06. The van der Waals surface area contributed by atoms with Crippen LogP contribution in [0.4, 0.5) is 0 Å². The molecule has 6 heteroatoms. The second-order valence-electron chi connectivity index (χ2n) is 7.45. The van der Waals surface area contributed by atoms with Crippen LogP contribution in [0.5, 0.6) is 5.75 Å². The lowest BCUT2D eigenvalue weighted by atomic mass is 10.1. The first-order chi connectivity index (χ1) is 15.1. The fourth-order valence-electron chi connectivity index (χ4n) is 3.59. The van der Waals surface area contributed by atoms with E-state index in [1.54, 1.807) is 62.0 Å². The van der Waals surface area contributed by atoms with Crippen LogP contribution in [0.2, 0.25) is 0 Å². The second kappa shape index (κ2) is 8.92. The number of carbonyl (C=O) groups excluding carboxylic acids is 1. The van der Waals surface area contributed by atoms with Crippen LogP contribution >= 0.6 is 0 Å². The molecule has 6 nitrogen and oxygen atoms in total. The molecule has 0 aliphatic rings. The van der Waals surface area contributed by atoms with Crippen LogP contribution in [0.15, 0.2) is 82.3 Å². The van der Waals surface area contributed by atoms with E-state index in [-0.39, 0.29) is 17.5 Å². The Labute approximate surface area is 180 Å². The van der Waals surface area contributed by atoms with E-state index in [2.05, 4.69) is 5.32 Å². The summed E-state index contributed by atoms with van der Waals surface area (Å²) in [6.07, 6.45) is 4.74. The molecule has 2 aromatic heterocycles. The molecule has 0 fully saturated rings. The molecule has 1 amide bonds. The number of nitrogens with zero attached hydrogens (tertiary/aromatic N) is 1. The van der Waals surface area contributed by atoms with Crippen molar-refractivity contribution in [2.45, 2.75) is 25.8 Å². The van der Waals surface area contributed by atoms with Gasteiger partial charge in [-0.3, -0.25) is 14.2 Å². The fraction of sp³-hybridized carbons (Fsp3) is 0.200. The van der Waals surface area contributed by atoms with Gasteiger partial charge in [-0.15, -0.1) is 0 Å². The van der Waals surface area contributed by atoms with Crippen molar-refractivity contribution in [1.29, 1.82) is 0 Å². The number of furan rings is 1. The molecule has 31 heavy (non-hydrogen) atoms. The Morgan fingerprint density at radius 3 is 2.48 bits per heavy atom. The van der Waals surface area contributed by atoms with Gasteiger partial charge in [0.2, 0.25) is 0 Å². The Kier molecular flexibility index (Phi) is 5.89. The van der Waals surface area contributed by atoms with Crippen LogP contribution in [0, 0.1) is 0 Å². The van der Waals surface area contributed by atoms with E-state index in [0.717, 1.165) is 18.6 Å². The van der Waals surface area contributed by atoms with Crippen molar-refractivity contribution in [1.82, 2.24) is 9.88 Å². The van der Waals surface area contributed by atoms with Crippen LogP contribution in [-0.4, -0.2) is 23.6 Å². The summed E-state index contributed by atoms with van der Waals surface area (Å²) in [5.74, 6) is 1.37. The monoisotopic (exact) mass is 416 g/mol. The van der Waals surface area contributed by atoms with Crippen LogP contribution < -0.4 is 15.6 Å². The molecule has 1 N–H and O–H groups in total. The summed E-state index contributed by atoms with van der Waals surface area (Å²) in [4.78, 5) is 26.3. The highest BCUT2D eigenvalue weighted by Gasteiger charge is 2.17. The highest BCUT2D eigenvalue weighted by Crippen LogP contribution is 2.20. The summed E-state index contributed by atoms with van der Waals surface area (Å²) in [6, 6.07) is 18.1. The van der Waals surface area contributed by atoms with Gasteiger partial charge in [-0.1, -0.05) is 18.2 Å². The molecule has 158 valence electrons. The average molecular weight is 416 g/mol. The van der Waals surface area contributed by atoms with Gasteiger partial charge in [0.1, 0.15) is 11.5 Å². The van der Waals surface area contributed by atoms with Gasteiger partial charge in [-0.25, -0.2) is 0 Å². The Morgan fingerprint density at radius 2 is 1.81 bits per heavy atom. The second-order valence-corrected chi connectivity index (χ2v) is 7.45. The first-order valence-electron chi connectivity index (χ1n) is 10.2. The topological polar surface area (TPSA) is 73.5 Å². The normalized spacial score (nSPS) is 11.9. The number of aryl methyl sites for hydroxylation is 1. The minimum absolute atomic E-state index is 0.0577. The number of ether oxygens (including phenoxy) is 1. The smallest absolute Gasteiger partial charge is 0.262 e. The number of aromatic nitrogens is 1. The van der Waals surface area contributed by atoms with Crippen molar-refractivity contribution < 1.29 is 13.9 Å². The average Bonchev–Trinajstić information content (AvgIpc) is 3.32. The van der Waals surface area contributed by atoms with E-state index in [1.165, 1.54) is 4.57 Å². The molecule has 4 rings (SSSR count). The summed E-state index contributed by atoms with van der Waals surface area (Å²) in [7, 11) is 1.59. The molecule has 2 heterocycles. The zero-order valence-electron chi connectivity index (χ0n) is 17.5. The lowest BCUT2D eigenvalue weighted by molar-refractivity contribution is 0.0939. The lowest BCUT2D eigenvalue weighted by Gasteiger charge is -2.16. The summed E-state index contributed by atoms with van der Waals surface area (Å²) in [6.45, 7) is 1.96. The standard InChI is InChI=1S/C25H24N2O4/c1-17(9-12-20-6-5-15-31-20)26-24(28)23-16-27(18-10-13-19(30-2)14-11-18)25(29)22-8-4-3-7-21(22)23/h3-8,10-11,13-17H,9,12H2,1-2H3,(H,26,28)/t17-/m1/s1. The zero-order valence-corrected chi connectivity index (χ0v) is 17.5. The molecular weight excluding hydrogens is 392 g/mol. The molecule has 0 aliphatic heterocycles. The maximum atomic E-state index is 13.2. The minimum Gasteiger partial charge on any atom is -0.497 e. The lowest BCUT2D eigenvalue weighted by Crippen LogP contribution is -2.34. The summed E-state index contributed by atoms with van der Waals surface area (Å²) in [5, 5.41) is 4.18. The van der Waals surface area contributed by atoms with Crippen molar-refractivity contribution in [3.05, 3.63) is 94.8 Å². The number of fused-ring (bicyclic) bond motifs is 1. The van der Waals surface area contributed by atoms with Gasteiger partial charge in [-0.2, -0.15) is 0 Å². The van der Waals surface area contributed by atoms with Crippen molar-refractivity contribution in [2.24, 2.45) is 0 Å². The third-order valence-electron chi connectivity index (χ3n) is 5.30. The van der Waals surface area contributed by atoms with Crippen LogP contribution in [0.1, 0.15) is 29.5 Å². The number of methoxy groups -OCH3 is 1. The Hall–Kier alpha value is -3.80. The highest BCUT2D eigenvalue weighted by atomic mass is 16.5. The number of nitrogens with one attached hydrogen (secondary N) is 1. The van der Waals surface area contributed by atoms with Crippen molar-refractivity contribution in [3.63, 3.8) is 0 Å². The molecular formula is C25H24N2O4. The number of hydrogen-bond acceptors (Lipinski definition) is 4. The first kappa shape index (κ1) is 20.5. The van der Waals surface area contributed by atoms with Gasteiger partial charge in [0.05, 0.1) is 18.9 Å². The van der Waals surface area contributed by atoms with Gasteiger partial charge in [-0.05, 0) is 55.8 Å². The third kappa shape index (κ3) is 4.38. The zero-order chi connectivity index (χ0) is 21.8. The molecule has 0 bridgehead atoms. The molecule has 4 aromatic rings. The quantitative estimate of drug-likeness (QED) is 0.486. The molecule has 2 aromatic carbocycles. The SMILES string of the molecule is COc1ccc(-n2cc(C(=O)N[C@H](C)CCc3ccco3)c3ccccc3c2=O)cc1. The van der Waals surface area contributed by atoms with E-state index in [4.69, 9.17) is 9.15 Å². The van der Waals surface area contributed by atoms with Crippen molar-refractivity contribution >= 4 is 16.7 Å². The van der Waals surface area contributed by atoms with Gasteiger partial charge < -0.3 is 14.5 Å². The predicted octanol–water partition coefficient (Wildman–Crippen LogP) is 4.34. The summed E-state index contributed by atoms with van der Waals surface area (Å²) < 4.78 is 12.1. The van der Waals surface area contributed by atoms with E-state index < -0.39 is 0 Å². The Bertz CT molecular complexity index is 1240. The number of hydrogen-bond donors (Lipinski definition) is 1. The molecule has 0 saturated carbocycles. The molecule has 0 spiro atoms. The Morgan fingerprint density at radius 1 is 1.06 bits per heavy atom. The van der Waals surface area contributed by atoms with Crippen LogP contribution in [0.3, 0.4) is 0 Å². The van der Waals surface area contributed by atoms with E-state index in [0.29, 0.717) is 27.8 Å². The van der Waals surface area contributed by atoms with E-state index in [9.17, 15) is 9.59 Å². The first-order valence-corrected chi connectivity index (χ1v) is 10.2. The molecule has 1 atom stereocenters. The number of amides is 1. The van der Waals surface area contributed by atoms with E-state index >= 15 is 0 Å². The van der Waals surface area contributed by atoms with Gasteiger partial charge in [0.25, 0.3) is 11.5 Å². The maximum Gasteiger partial charge on any atom is 0.262 e. The van der Waals surface area contributed by atoms with Gasteiger partial charge in [0.15, 0.2) is 0 Å². The maximum absolute atomic E-state index is 13.2. The molecule has 0 unspecified atom stereocenters. The molecule has 0 aliphatic carbocycles. The number of pyridine rings is 1. The predicted molar refractivity (Wildman–Crippen MR) is 120 cm³/mol. The number of rotatable bonds is 7. The summed E-state index contributed by atoms with van der Waals surface area (Å²) in [5.41, 5.74) is 0.940. The van der Waals surface area contributed by atoms with E-state index in [1.807, 2.05) is 25.1 Å². The minimum atomic E-state index is -0.217. The van der Waals surface area contributed by atoms with Crippen molar-refractivity contribution in [3.8, 4) is 11.4 Å². The van der Waals surface area contributed by atoms with Gasteiger partial charge >= 0.3 is 0 Å². The number of benzene rings is 2. The Balaban J connectivity index is 1.66. The van der Waals surface area contributed by atoms with Gasteiger partial charge in [0, 0.05) is 35.1 Å². The van der Waals surface area contributed by atoms with Crippen LogP contribution in [-0.2, 0) is 6.42 Å². The van der Waals surface area contributed by atoms with Crippen molar-refractivity contribution in [2.75, 3.05) is 7.11 Å². The fourth-order valence-corrected chi connectivity index (χ4v) is 3.59. The summed E-state index contributed by atoms with van der Waals surface area (Å²) >= 11 is 0. The van der Waals surface area contributed by atoms with Crippen LogP contribution in [0.25, 0.3) is 16.5 Å². The number of carbonyl (C=O) groups is 1. The molecule has 0 radical (unpaired) electrons.